The summed E-state index contributed by atoms with van der Waals surface area (Å²) in [6.45, 7) is 3.35. The summed E-state index contributed by atoms with van der Waals surface area (Å²) < 4.78 is 17.2. The summed E-state index contributed by atoms with van der Waals surface area (Å²) in [6, 6.07) is 16.8. The van der Waals surface area contributed by atoms with Crippen molar-refractivity contribution in [2.24, 2.45) is 0 Å². The van der Waals surface area contributed by atoms with Gasteiger partial charge in [-0.05, 0) is 72.7 Å². The molecule has 4 aromatic rings. The molecule has 44 heavy (non-hydrogen) atoms. The highest BCUT2D eigenvalue weighted by Gasteiger charge is 2.44. The summed E-state index contributed by atoms with van der Waals surface area (Å²) in [5.41, 5.74) is 3.99. The van der Waals surface area contributed by atoms with Gasteiger partial charge < -0.3 is 19.1 Å². The van der Waals surface area contributed by atoms with Crippen molar-refractivity contribution in [3.63, 3.8) is 0 Å². The first-order chi connectivity index (χ1) is 21.4. The normalized spacial score (nSPS) is 17.2. The second-order valence-electron chi connectivity index (χ2n) is 11.8. The first-order valence-corrected chi connectivity index (χ1v) is 15.1. The van der Waals surface area contributed by atoms with Crippen LogP contribution < -0.4 is 9.47 Å². The van der Waals surface area contributed by atoms with Crippen LogP contribution in [0.5, 0.6) is 11.5 Å². The van der Waals surface area contributed by atoms with Crippen molar-refractivity contribution in [3.05, 3.63) is 83.3 Å². The van der Waals surface area contributed by atoms with Gasteiger partial charge in [0.15, 0.2) is 5.78 Å². The van der Waals surface area contributed by atoms with Gasteiger partial charge in [-0.15, -0.1) is 0 Å². The molecule has 3 aliphatic rings. The Bertz CT molecular complexity index is 1810. The van der Waals surface area contributed by atoms with E-state index < -0.39 is 11.6 Å². The standard InChI is InChI=1S/C35H33N3O6/c1-3-43-31-19-27(37-32-24(21-7-8-21)5-4-6-25(31)32)33(40)38-15-12-35(13-16-38)20-29(39)26-17-22(9-10-30(26)44-35)23-11-14-36-28(18-23)34(41)42-2/h4-6,9-11,14,17-19,21H,3,7-8,12-13,15-16,20H2,1-2H3. The molecule has 2 aromatic carbocycles. The Kier molecular flexibility index (Phi) is 7.03. The maximum absolute atomic E-state index is 13.8. The number of rotatable bonds is 6. The molecule has 0 radical (unpaired) electrons. The zero-order valence-corrected chi connectivity index (χ0v) is 24.8. The van der Waals surface area contributed by atoms with Crippen LogP contribution in [0.25, 0.3) is 22.0 Å². The molecular formula is C35H33N3O6. The third-order valence-corrected chi connectivity index (χ3v) is 8.91. The van der Waals surface area contributed by atoms with E-state index in [4.69, 9.17) is 19.2 Å². The highest BCUT2D eigenvalue weighted by molar-refractivity contribution is 6.02. The summed E-state index contributed by atoms with van der Waals surface area (Å²) in [7, 11) is 1.31. The SMILES string of the molecule is CCOc1cc(C(=O)N2CCC3(CC2)CC(=O)c2cc(-c4ccnc(C(=O)OC)c4)ccc2O3)nc2c(C3CC3)cccc12. The van der Waals surface area contributed by atoms with Crippen molar-refractivity contribution >= 4 is 28.6 Å². The van der Waals surface area contributed by atoms with Crippen LogP contribution in [0.2, 0.25) is 0 Å². The number of ether oxygens (including phenoxy) is 3. The number of carbonyl (C=O) groups is 3. The van der Waals surface area contributed by atoms with Gasteiger partial charge in [-0.2, -0.15) is 0 Å². The zero-order valence-electron chi connectivity index (χ0n) is 24.8. The molecule has 224 valence electrons. The Labute approximate surface area is 255 Å². The van der Waals surface area contributed by atoms with Gasteiger partial charge in [0.05, 0.1) is 31.2 Å². The number of esters is 1. The second kappa shape index (κ2) is 11.0. The Hall–Kier alpha value is -4.79. The lowest BCUT2D eigenvalue weighted by Crippen LogP contribution is -2.52. The molecule has 1 aliphatic carbocycles. The molecule has 0 N–H and O–H groups in total. The number of ketones is 1. The van der Waals surface area contributed by atoms with Crippen LogP contribution in [0.4, 0.5) is 0 Å². The molecule has 1 saturated heterocycles. The van der Waals surface area contributed by atoms with E-state index >= 15 is 0 Å². The van der Waals surface area contributed by atoms with Crippen LogP contribution >= 0.6 is 0 Å². The smallest absolute Gasteiger partial charge is 0.356 e. The molecule has 1 spiro atoms. The molecule has 0 bridgehead atoms. The maximum atomic E-state index is 13.8. The summed E-state index contributed by atoms with van der Waals surface area (Å²) >= 11 is 0. The molecule has 2 aromatic heterocycles. The monoisotopic (exact) mass is 591 g/mol. The van der Waals surface area contributed by atoms with Gasteiger partial charge in [0.1, 0.15) is 28.5 Å². The number of fused-ring (bicyclic) bond motifs is 2. The number of carbonyl (C=O) groups excluding carboxylic acids is 3. The Morgan fingerprint density at radius 2 is 1.82 bits per heavy atom. The molecule has 9 heteroatoms. The third-order valence-electron chi connectivity index (χ3n) is 8.91. The number of aromatic nitrogens is 2. The van der Waals surface area contributed by atoms with Gasteiger partial charge in [0.2, 0.25) is 0 Å². The van der Waals surface area contributed by atoms with E-state index in [1.165, 1.54) is 12.7 Å². The predicted octanol–water partition coefficient (Wildman–Crippen LogP) is 6.00. The van der Waals surface area contributed by atoms with E-state index in [9.17, 15) is 14.4 Å². The summed E-state index contributed by atoms with van der Waals surface area (Å²) in [6.07, 6.45) is 5.14. The zero-order chi connectivity index (χ0) is 30.4. The molecular weight excluding hydrogens is 558 g/mol. The van der Waals surface area contributed by atoms with Gasteiger partial charge >= 0.3 is 5.97 Å². The molecule has 7 rings (SSSR count). The number of benzene rings is 2. The van der Waals surface area contributed by atoms with E-state index in [0.29, 0.717) is 61.2 Å². The number of Topliss-reactive ketones (excluding diaryl/α,β-unsaturated/α-hetero) is 1. The minimum atomic E-state index is -0.663. The number of piperidine rings is 1. The van der Waals surface area contributed by atoms with Crippen LogP contribution in [-0.4, -0.2) is 64.9 Å². The number of nitrogens with zero attached hydrogens (tertiary/aromatic N) is 3. The number of hydrogen-bond acceptors (Lipinski definition) is 8. The number of likely N-dealkylation sites (tertiary alicyclic amines) is 1. The Morgan fingerprint density at radius 3 is 2.57 bits per heavy atom. The summed E-state index contributed by atoms with van der Waals surface area (Å²) in [4.78, 5) is 49.9. The van der Waals surface area contributed by atoms with Gasteiger partial charge in [0.25, 0.3) is 5.91 Å². The van der Waals surface area contributed by atoms with Crippen molar-refractivity contribution in [3.8, 4) is 22.6 Å². The Balaban J connectivity index is 1.09. The van der Waals surface area contributed by atoms with Crippen LogP contribution in [-0.2, 0) is 4.74 Å². The fourth-order valence-corrected chi connectivity index (χ4v) is 6.41. The van der Waals surface area contributed by atoms with Crippen LogP contribution in [0, 0.1) is 0 Å². The van der Waals surface area contributed by atoms with E-state index in [-0.39, 0.29) is 23.8 Å². The molecule has 1 saturated carbocycles. The van der Waals surface area contributed by atoms with Crippen molar-refractivity contribution in [1.82, 2.24) is 14.9 Å². The minimum absolute atomic E-state index is 0.000261. The number of amides is 1. The molecule has 2 fully saturated rings. The van der Waals surface area contributed by atoms with E-state index in [1.807, 2.05) is 36.1 Å². The molecule has 0 unspecified atom stereocenters. The van der Waals surface area contributed by atoms with Gasteiger partial charge in [-0.25, -0.2) is 14.8 Å². The van der Waals surface area contributed by atoms with E-state index in [0.717, 1.165) is 34.9 Å². The lowest BCUT2D eigenvalue weighted by atomic mass is 9.82. The van der Waals surface area contributed by atoms with Crippen LogP contribution in [0.1, 0.15) is 81.8 Å². The minimum Gasteiger partial charge on any atom is -0.493 e. The molecule has 4 heterocycles. The quantitative estimate of drug-likeness (QED) is 0.251. The van der Waals surface area contributed by atoms with Crippen molar-refractivity contribution < 1.29 is 28.6 Å². The van der Waals surface area contributed by atoms with Crippen molar-refractivity contribution in [2.45, 2.75) is 50.5 Å². The average molecular weight is 592 g/mol. The van der Waals surface area contributed by atoms with Gasteiger partial charge in [0, 0.05) is 43.6 Å². The number of para-hydroxylation sites is 1. The predicted molar refractivity (Wildman–Crippen MR) is 163 cm³/mol. The lowest BCUT2D eigenvalue weighted by Gasteiger charge is -2.44. The number of pyridine rings is 2. The number of methoxy groups -OCH3 is 1. The fourth-order valence-electron chi connectivity index (χ4n) is 6.41. The highest BCUT2D eigenvalue weighted by atomic mass is 16.5. The fraction of sp³-hybridized carbons (Fsp3) is 0.343. The number of hydrogen-bond donors (Lipinski definition) is 0. The van der Waals surface area contributed by atoms with Crippen LogP contribution in [0.15, 0.2) is 60.8 Å². The van der Waals surface area contributed by atoms with Gasteiger partial charge in [-0.1, -0.05) is 18.2 Å². The van der Waals surface area contributed by atoms with Crippen molar-refractivity contribution in [1.29, 1.82) is 0 Å². The lowest BCUT2D eigenvalue weighted by molar-refractivity contribution is -0.00585. The highest BCUT2D eigenvalue weighted by Crippen LogP contribution is 2.44. The molecule has 9 nitrogen and oxygen atoms in total. The Morgan fingerprint density at radius 1 is 1.02 bits per heavy atom. The molecule has 0 atom stereocenters. The maximum Gasteiger partial charge on any atom is 0.356 e. The first kappa shape index (κ1) is 28.0. The largest absolute Gasteiger partial charge is 0.493 e. The topological polar surface area (TPSA) is 108 Å². The summed E-state index contributed by atoms with van der Waals surface area (Å²) in [5.74, 6) is 1.05. The average Bonchev–Trinajstić information content (AvgIpc) is 3.90. The van der Waals surface area contributed by atoms with Crippen LogP contribution in [0.3, 0.4) is 0 Å². The molecule has 1 amide bonds. The van der Waals surface area contributed by atoms with Gasteiger partial charge in [-0.3, -0.25) is 9.59 Å². The van der Waals surface area contributed by atoms with E-state index in [2.05, 4.69) is 11.1 Å². The second-order valence-corrected chi connectivity index (χ2v) is 11.8. The third kappa shape index (κ3) is 5.06. The van der Waals surface area contributed by atoms with Crippen molar-refractivity contribution in [2.75, 3.05) is 26.8 Å². The first-order valence-electron chi connectivity index (χ1n) is 15.1. The van der Waals surface area contributed by atoms with E-state index in [1.54, 1.807) is 30.5 Å². The summed E-state index contributed by atoms with van der Waals surface area (Å²) in [5, 5.41) is 0.939. The molecule has 2 aliphatic heterocycles.